The lowest BCUT2D eigenvalue weighted by Gasteiger charge is -2.04. The quantitative estimate of drug-likeness (QED) is 0.556. The molecule has 0 aliphatic rings. The number of hydrogen-bond donors (Lipinski definition) is 0. The zero-order chi connectivity index (χ0) is 12.6. The van der Waals surface area contributed by atoms with Crippen molar-refractivity contribution in [2.24, 2.45) is 0 Å². The highest BCUT2D eigenvalue weighted by molar-refractivity contribution is 5.82. The van der Waals surface area contributed by atoms with Gasteiger partial charge in [0.1, 0.15) is 0 Å². The largest absolute Gasteiger partial charge is 0.0654 e. The molecule has 95 valence electrons. The molecular weight excluding hydrogens is 216 g/mol. The molecule has 0 unspecified atom stereocenters. The molecule has 2 rings (SSSR count). The Morgan fingerprint density at radius 1 is 0.889 bits per heavy atom. The summed E-state index contributed by atoms with van der Waals surface area (Å²) in [6.45, 7) is 2.27. The number of hydrogen-bond acceptors (Lipinski definition) is 0. The van der Waals surface area contributed by atoms with Gasteiger partial charge in [0.2, 0.25) is 0 Å². The van der Waals surface area contributed by atoms with Gasteiger partial charge in [-0.05, 0) is 41.3 Å². The van der Waals surface area contributed by atoms with Crippen LogP contribution >= 0.6 is 0 Å². The molecule has 0 heteroatoms. The Bertz CT molecular complexity index is 470. The summed E-state index contributed by atoms with van der Waals surface area (Å²) in [7, 11) is 0. The van der Waals surface area contributed by atoms with Crippen LogP contribution in [0, 0.1) is 6.07 Å². The van der Waals surface area contributed by atoms with Crippen molar-refractivity contribution in [3.05, 3.63) is 48.0 Å². The average Bonchev–Trinajstić information content (AvgIpc) is 2.42. The first kappa shape index (κ1) is 13.1. The number of rotatable bonds is 7. The summed E-state index contributed by atoms with van der Waals surface area (Å²) in [6.07, 6.45) is 9.46. The molecule has 18 heavy (non-hydrogen) atoms. The fourth-order valence-corrected chi connectivity index (χ4v) is 2.44. The van der Waals surface area contributed by atoms with Gasteiger partial charge >= 0.3 is 0 Å². The molecule has 0 saturated carbocycles. The van der Waals surface area contributed by atoms with Gasteiger partial charge in [-0.25, -0.2) is 0 Å². The van der Waals surface area contributed by atoms with Crippen LogP contribution in [0.2, 0.25) is 0 Å². The van der Waals surface area contributed by atoms with E-state index in [-0.39, 0.29) is 0 Å². The van der Waals surface area contributed by atoms with Gasteiger partial charge in [-0.3, -0.25) is 0 Å². The molecule has 0 aromatic heterocycles. The van der Waals surface area contributed by atoms with E-state index in [9.17, 15) is 0 Å². The smallest absolute Gasteiger partial charge is 0.0177 e. The van der Waals surface area contributed by atoms with Crippen LogP contribution in [-0.4, -0.2) is 0 Å². The molecule has 2 aromatic carbocycles. The maximum atomic E-state index is 3.13. The van der Waals surface area contributed by atoms with Crippen LogP contribution in [0.3, 0.4) is 0 Å². The van der Waals surface area contributed by atoms with Crippen molar-refractivity contribution in [3.8, 4) is 0 Å². The standard InChI is InChI=1S/C18H23/c1-2-3-4-5-6-7-10-16-13-14-17-11-8-9-12-18(17)15-16/h9,11-15H,2-7,10H2,1H3. The van der Waals surface area contributed by atoms with Crippen LogP contribution in [0.4, 0.5) is 0 Å². The Morgan fingerprint density at radius 2 is 1.72 bits per heavy atom. The first-order valence-corrected chi connectivity index (χ1v) is 7.29. The summed E-state index contributed by atoms with van der Waals surface area (Å²) in [5.41, 5.74) is 1.48. The predicted molar refractivity (Wildman–Crippen MR) is 79.9 cm³/mol. The zero-order valence-electron chi connectivity index (χ0n) is 11.4. The minimum atomic E-state index is 1.22. The molecule has 0 amide bonds. The lowest BCUT2D eigenvalue weighted by molar-refractivity contribution is 0.607. The molecule has 0 aliphatic carbocycles. The van der Waals surface area contributed by atoms with Gasteiger partial charge in [0.15, 0.2) is 0 Å². The van der Waals surface area contributed by atoms with Crippen molar-refractivity contribution < 1.29 is 0 Å². The van der Waals surface area contributed by atoms with Crippen molar-refractivity contribution in [3.63, 3.8) is 0 Å². The van der Waals surface area contributed by atoms with Gasteiger partial charge in [-0.15, -0.1) is 0 Å². The zero-order valence-corrected chi connectivity index (χ0v) is 11.4. The van der Waals surface area contributed by atoms with Crippen LogP contribution in [0.1, 0.15) is 51.0 Å². The van der Waals surface area contributed by atoms with Gasteiger partial charge < -0.3 is 0 Å². The Kier molecular flexibility index (Phi) is 5.26. The maximum absolute atomic E-state index is 3.13. The van der Waals surface area contributed by atoms with Crippen LogP contribution in [0.15, 0.2) is 36.4 Å². The topological polar surface area (TPSA) is 0 Å². The molecular formula is C18H23. The molecule has 1 radical (unpaired) electrons. The number of aryl methyl sites for hydroxylation is 1. The Labute approximate surface area is 111 Å². The molecule has 0 fully saturated rings. The van der Waals surface area contributed by atoms with Crippen molar-refractivity contribution >= 4 is 10.8 Å². The van der Waals surface area contributed by atoms with E-state index in [1.54, 1.807) is 0 Å². The molecule has 0 atom stereocenters. The van der Waals surface area contributed by atoms with E-state index >= 15 is 0 Å². The highest BCUT2D eigenvalue weighted by Gasteiger charge is 1.97. The van der Waals surface area contributed by atoms with Crippen LogP contribution in [0.5, 0.6) is 0 Å². The van der Waals surface area contributed by atoms with Gasteiger partial charge in [0, 0.05) is 0 Å². The average molecular weight is 239 g/mol. The molecule has 2 aromatic rings. The van der Waals surface area contributed by atoms with E-state index in [1.165, 1.54) is 61.3 Å². The van der Waals surface area contributed by atoms with E-state index in [0.29, 0.717) is 0 Å². The third-order valence-electron chi connectivity index (χ3n) is 3.57. The van der Waals surface area contributed by atoms with Crippen molar-refractivity contribution in [1.29, 1.82) is 0 Å². The molecule has 0 nitrogen and oxygen atoms in total. The minimum absolute atomic E-state index is 1.22. The van der Waals surface area contributed by atoms with Gasteiger partial charge in [0.05, 0.1) is 0 Å². The van der Waals surface area contributed by atoms with Crippen molar-refractivity contribution in [2.75, 3.05) is 0 Å². The lowest BCUT2D eigenvalue weighted by Crippen LogP contribution is -1.86. The summed E-state index contributed by atoms with van der Waals surface area (Å²) >= 11 is 0. The summed E-state index contributed by atoms with van der Waals surface area (Å²) in [5.74, 6) is 0. The third-order valence-corrected chi connectivity index (χ3v) is 3.57. The summed E-state index contributed by atoms with van der Waals surface area (Å²) in [5, 5.41) is 2.64. The van der Waals surface area contributed by atoms with Crippen LogP contribution < -0.4 is 0 Å². The molecule has 0 heterocycles. The Morgan fingerprint density at radius 3 is 2.61 bits per heavy atom. The minimum Gasteiger partial charge on any atom is -0.0654 e. The summed E-state index contributed by atoms with van der Waals surface area (Å²) in [6, 6.07) is 16.2. The molecule has 0 aliphatic heterocycles. The van der Waals surface area contributed by atoms with Crippen molar-refractivity contribution in [2.45, 2.75) is 51.9 Å². The lowest BCUT2D eigenvalue weighted by atomic mass is 10.0. The number of fused-ring (bicyclic) bond motifs is 1. The van der Waals surface area contributed by atoms with Gasteiger partial charge in [0.25, 0.3) is 0 Å². The Hall–Kier alpha value is -1.30. The SMILES string of the molecule is CCCCCCCCc1ccc2c[c]ccc2c1. The fourth-order valence-electron chi connectivity index (χ4n) is 2.44. The normalized spacial score (nSPS) is 10.9. The first-order valence-electron chi connectivity index (χ1n) is 7.29. The van der Waals surface area contributed by atoms with E-state index in [1.807, 2.05) is 6.07 Å². The van der Waals surface area contributed by atoms with Crippen molar-refractivity contribution in [1.82, 2.24) is 0 Å². The molecule has 0 N–H and O–H groups in total. The number of benzene rings is 2. The van der Waals surface area contributed by atoms with Crippen LogP contribution in [0.25, 0.3) is 10.8 Å². The second-order valence-corrected chi connectivity index (χ2v) is 5.13. The molecule has 0 saturated heterocycles. The second kappa shape index (κ2) is 7.20. The third kappa shape index (κ3) is 3.87. The van der Waals surface area contributed by atoms with Gasteiger partial charge in [-0.1, -0.05) is 69.4 Å². The summed E-state index contributed by atoms with van der Waals surface area (Å²) < 4.78 is 0. The van der Waals surface area contributed by atoms with Gasteiger partial charge in [-0.2, -0.15) is 0 Å². The molecule has 0 spiro atoms. The molecule has 0 bridgehead atoms. The highest BCUT2D eigenvalue weighted by Crippen LogP contribution is 2.17. The fraction of sp³-hybridized carbons (Fsp3) is 0.444. The monoisotopic (exact) mass is 239 g/mol. The second-order valence-electron chi connectivity index (χ2n) is 5.13. The van der Waals surface area contributed by atoms with E-state index in [2.05, 4.69) is 43.3 Å². The maximum Gasteiger partial charge on any atom is -0.0177 e. The Balaban J connectivity index is 1.81. The van der Waals surface area contributed by atoms with E-state index in [4.69, 9.17) is 0 Å². The first-order chi connectivity index (χ1) is 8.90. The number of unbranched alkanes of at least 4 members (excludes halogenated alkanes) is 5. The predicted octanol–water partition coefficient (Wildman–Crippen LogP) is 5.54. The summed E-state index contributed by atoms with van der Waals surface area (Å²) in [4.78, 5) is 0. The van der Waals surface area contributed by atoms with E-state index in [0.717, 1.165) is 0 Å². The van der Waals surface area contributed by atoms with E-state index < -0.39 is 0 Å². The van der Waals surface area contributed by atoms with Crippen LogP contribution in [-0.2, 0) is 6.42 Å². The highest BCUT2D eigenvalue weighted by atomic mass is 14.0.